The number of aromatic nitrogens is 2. The zero-order valence-electron chi connectivity index (χ0n) is 18.6. The van der Waals surface area contributed by atoms with Crippen molar-refractivity contribution in [3.63, 3.8) is 0 Å². The van der Waals surface area contributed by atoms with Crippen molar-refractivity contribution in [3.8, 4) is 11.4 Å². The molecule has 0 fully saturated rings. The Labute approximate surface area is 180 Å². The summed E-state index contributed by atoms with van der Waals surface area (Å²) in [6.07, 6.45) is 0.744. The first-order valence-corrected chi connectivity index (χ1v) is 10.3. The molecule has 1 aliphatic rings. The lowest BCUT2D eigenvalue weighted by Gasteiger charge is -2.30. The number of nitrogens with one attached hydrogen (secondary N) is 1. The van der Waals surface area contributed by atoms with Gasteiger partial charge in [0.05, 0.1) is 23.9 Å². The number of carbonyl (C=O) groups is 1. The van der Waals surface area contributed by atoms with Crippen LogP contribution >= 0.6 is 0 Å². The Hall–Kier alpha value is -2.39. The van der Waals surface area contributed by atoms with Gasteiger partial charge in [0, 0.05) is 26.3 Å². The maximum Gasteiger partial charge on any atom is 0.272 e. The number of benzene rings is 1. The van der Waals surface area contributed by atoms with Crippen molar-refractivity contribution in [3.05, 3.63) is 41.0 Å². The lowest BCUT2D eigenvalue weighted by atomic mass is 9.87. The molecule has 1 aromatic carbocycles. The van der Waals surface area contributed by atoms with Gasteiger partial charge < -0.3 is 19.5 Å². The molecule has 1 amide bonds. The molecule has 1 N–H and O–H groups in total. The predicted octanol–water partition coefficient (Wildman–Crippen LogP) is 3.59. The number of carbonyl (C=O) groups excluding carboxylic acids is 1. The summed E-state index contributed by atoms with van der Waals surface area (Å²) in [6, 6.07) is 1.01. The Morgan fingerprint density at radius 1 is 1.19 bits per heavy atom. The van der Waals surface area contributed by atoms with E-state index in [-0.39, 0.29) is 28.5 Å². The monoisotopic (exact) mass is 438 g/mol. The number of imidazole rings is 1. The number of hydrogen-bond acceptors (Lipinski definition) is 4. The number of rotatable bonds is 5. The van der Waals surface area contributed by atoms with Crippen LogP contribution in [-0.4, -0.2) is 53.7 Å². The van der Waals surface area contributed by atoms with E-state index in [9.17, 15) is 18.0 Å². The van der Waals surface area contributed by atoms with Gasteiger partial charge in [-0.2, -0.15) is 0 Å². The van der Waals surface area contributed by atoms with E-state index in [0.29, 0.717) is 31.5 Å². The van der Waals surface area contributed by atoms with Crippen molar-refractivity contribution in [1.82, 2.24) is 19.8 Å². The van der Waals surface area contributed by atoms with Crippen LogP contribution in [-0.2, 0) is 17.8 Å². The molecular formula is C22H29F3N4O2. The molecule has 0 saturated carbocycles. The van der Waals surface area contributed by atoms with Crippen molar-refractivity contribution >= 4 is 5.91 Å². The molecule has 3 rings (SSSR count). The zero-order chi connectivity index (χ0) is 22.9. The molecule has 9 heteroatoms. The van der Waals surface area contributed by atoms with Crippen LogP contribution in [0.15, 0.2) is 12.1 Å². The van der Waals surface area contributed by atoms with Crippen molar-refractivity contribution in [1.29, 1.82) is 0 Å². The first-order valence-electron chi connectivity index (χ1n) is 10.3. The predicted molar refractivity (Wildman–Crippen MR) is 111 cm³/mol. The Morgan fingerprint density at radius 2 is 1.87 bits per heavy atom. The number of amides is 1. The summed E-state index contributed by atoms with van der Waals surface area (Å²) in [5, 5.41) is 2.97. The number of ether oxygens (including phenoxy) is 1. The highest BCUT2D eigenvalue weighted by Crippen LogP contribution is 2.30. The molecule has 0 unspecified atom stereocenters. The second-order valence-electron chi connectivity index (χ2n) is 9.07. The highest BCUT2D eigenvalue weighted by Gasteiger charge is 2.31. The third-order valence-electron chi connectivity index (χ3n) is 5.56. The molecule has 1 atom stereocenters. The third-order valence-corrected chi connectivity index (χ3v) is 5.56. The maximum absolute atomic E-state index is 14.6. The number of nitrogens with zero attached hydrogens (tertiary/aromatic N) is 3. The van der Waals surface area contributed by atoms with Gasteiger partial charge in [-0.1, -0.05) is 20.8 Å². The van der Waals surface area contributed by atoms with Crippen LogP contribution in [0.3, 0.4) is 0 Å². The highest BCUT2D eigenvalue weighted by molar-refractivity contribution is 5.94. The van der Waals surface area contributed by atoms with E-state index in [0.717, 1.165) is 19.0 Å². The lowest BCUT2D eigenvalue weighted by Crippen LogP contribution is -2.47. The van der Waals surface area contributed by atoms with Crippen molar-refractivity contribution in [2.24, 2.45) is 5.41 Å². The molecule has 0 aliphatic carbocycles. The van der Waals surface area contributed by atoms with Gasteiger partial charge >= 0.3 is 0 Å². The smallest absolute Gasteiger partial charge is 0.272 e. The van der Waals surface area contributed by atoms with Crippen molar-refractivity contribution in [2.75, 3.05) is 27.3 Å². The first kappa shape index (κ1) is 23.3. The summed E-state index contributed by atoms with van der Waals surface area (Å²) in [4.78, 5) is 19.7. The van der Waals surface area contributed by atoms with Crippen LogP contribution in [0.4, 0.5) is 13.2 Å². The topological polar surface area (TPSA) is 59.4 Å². The number of hydrogen-bond donors (Lipinski definition) is 1. The zero-order valence-corrected chi connectivity index (χ0v) is 18.6. The largest absolute Gasteiger partial charge is 0.383 e. The van der Waals surface area contributed by atoms with Gasteiger partial charge in [-0.05, 0) is 31.5 Å². The lowest BCUT2D eigenvalue weighted by molar-refractivity contribution is 0.0781. The molecule has 170 valence electrons. The van der Waals surface area contributed by atoms with Gasteiger partial charge in [0.1, 0.15) is 11.6 Å². The molecule has 6 nitrogen and oxygen atoms in total. The van der Waals surface area contributed by atoms with Crippen molar-refractivity contribution in [2.45, 2.75) is 46.3 Å². The summed E-state index contributed by atoms with van der Waals surface area (Å²) >= 11 is 0. The molecule has 0 spiro atoms. The standard InChI is InChI=1S/C22H29F3N4O2/c1-22(2,3)18(12-31-5)26-21(30)19-17-11-28(4)7-6-8-29(17)20(27-19)13-9-15(24)16(25)10-14(13)23/h9-10,18H,6-8,11-12H2,1-5H3,(H,26,30)/t18-/m1/s1. The van der Waals surface area contributed by atoms with Gasteiger partial charge in [-0.25, -0.2) is 18.2 Å². The molecule has 1 aromatic heterocycles. The minimum Gasteiger partial charge on any atom is -0.383 e. The first-order chi connectivity index (χ1) is 14.5. The van der Waals surface area contributed by atoms with E-state index in [1.807, 2.05) is 32.7 Å². The highest BCUT2D eigenvalue weighted by atomic mass is 19.2. The van der Waals surface area contributed by atoms with Gasteiger partial charge in [0.15, 0.2) is 17.3 Å². The van der Waals surface area contributed by atoms with Crippen molar-refractivity contribution < 1.29 is 22.7 Å². The SMILES string of the molecule is COC[C@@H](NC(=O)c1nc(-c2cc(F)c(F)cc2F)n2c1CN(C)CCC2)C(C)(C)C. The van der Waals surface area contributed by atoms with Crippen LogP contribution in [0.1, 0.15) is 43.4 Å². The molecule has 0 bridgehead atoms. The molecule has 1 aliphatic heterocycles. The Bertz CT molecular complexity index is 969. The van der Waals surface area contributed by atoms with E-state index in [1.54, 1.807) is 11.7 Å². The van der Waals surface area contributed by atoms with E-state index in [1.165, 1.54) is 0 Å². The van der Waals surface area contributed by atoms with E-state index >= 15 is 0 Å². The molecular weight excluding hydrogens is 409 g/mol. The number of fused-ring (bicyclic) bond motifs is 1. The average molecular weight is 438 g/mol. The summed E-state index contributed by atoms with van der Waals surface area (Å²) < 4.78 is 48.9. The minimum absolute atomic E-state index is 0.117. The van der Waals surface area contributed by atoms with Gasteiger partial charge in [0.25, 0.3) is 5.91 Å². The number of methoxy groups -OCH3 is 1. The van der Waals surface area contributed by atoms with Crippen LogP contribution in [0.5, 0.6) is 0 Å². The number of halogens is 3. The molecule has 31 heavy (non-hydrogen) atoms. The summed E-state index contributed by atoms with van der Waals surface area (Å²) in [6.45, 7) is 7.95. The van der Waals surface area contributed by atoms with Crippen LogP contribution < -0.4 is 5.32 Å². The molecule has 2 aromatic rings. The van der Waals surface area contributed by atoms with Gasteiger partial charge in [-0.15, -0.1) is 0 Å². The third kappa shape index (κ3) is 4.93. The normalized spacial score (nSPS) is 16.0. The summed E-state index contributed by atoms with van der Waals surface area (Å²) in [5.74, 6) is -3.66. The molecule has 0 radical (unpaired) electrons. The van der Waals surface area contributed by atoms with E-state index < -0.39 is 23.4 Å². The van der Waals surface area contributed by atoms with Gasteiger partial charge in [-0.3, -0.25) is 4.79 Å². The summed E-state index contributed by atoms with van der Waals surface area (Å²) in [7, 11) is 3.48. The Morgan fingerprint density at radius 3 is 2.52 bits per heavy atom. The second kappa shape index (κ2) is 9.00. The van der Waals surface area contributed by atoms with E-state index in [2.05, 4.69) is 10.3 Å². The Balaban J connectivity index is 2.09. The van der Waals surface area contributed by atoms with Crippen LogP contribution in [0.25, 0.3) is 11.4 Å². The van der Waals surface area contributed by atoms with E-state index in [4.69, 9.17) is 4.74 Å². The van der Waals surface area contributed by atoms with Crippen LogP contribution in [0, 0.1) is 22.9 Å². The Kier molecular flexibility index (Phi) is 6.76. The second-order valence-corrected chi connectivity index (χ2v) is 9.07. The fraction of sp³-hybridized carbons (Fsp3) is 0.545. The maximum atomic E-state index is 14.6. The molecule has 0 saturated heterocycles. The average Bonchev–Trinajstić information content (AvgIpc) is 2.90. The fourth-order valence-corrected chi connectivity index (χ4v) is 3.70. The minimum atomic E-state index is -1.27. The quantitative estimate of drug-likeness (QED) is 0.725. The fourth-order valence-electron chi connectivity index (χ4n) is 3.70. The molecule has 2 heterocycles. The van der Waals surface area contributed by atoms with Gasteiger partial charge in [0.2, 0.25) is 0 Å². The summed E-state index contributed by atoms with van der Waals surface area (Å²) in [5.41, 5.74) is 0.321. The van der Waals surface area contributed by atoms with Crippen LogP contribution in [0.2, 0.25) is 0 Å².